The molecule has 2 unspecified atom stereocenters. The molecule has 1 aliphatic heterocycles. The second-order valence-electron chi connectivity index (χ2n) is 5.99. The fourth-order valence-corrected chi connectivity index (χ4v) is 3.46. The van der Waals surface area contributed by atoms with Crippen LogP contribution in [0.2, 0.25) is 0 Å². The Morgan fingerprint density at radius 1 is 1.00 bits per heavy atom. The van der Waals surface area contributed by atoms with Crippen LogP contribution < -0.4 is 10.6 Å². The van der Waals surface area contributed by atoms with E-state index < -0.39 is 0 Å². The highest BCUT2D eigenvalue weighted by molar-refractivity contribution is 4.86. The van der Waals surface area contributed by atoms with Crippen molar-refractivity contribution < 1.29 is 0 Å². The molecule has 1 saturated carbocycles. The number of hydrogen-bond acceptors (Lipinski definition) is 2. The fraction of sp³-hybridized carbons (Fsp3) is 1.00. The molecule has 0 radical (unpaired) electrons. The molecular weight excluding hydrogens is 196 g/mol. The highest BCUT2D eigenvalue weighted by Crippen LogP contribution is 2.30. The van der Waals surface area contributed by atoms with Gasteiger partial charge in [0.15, 0.2) is 0 Å². The Hall–Kier alpha value is -0.0800. The quantitative estimate of drug-likeness (QED) is 0.770. The van der Waals surface area contributed by atoms with Gasteiger partial charge in [0, 0.05) is 12.1 Å². The zero-order chi connectivity index (χ0) is 11.4. The minimum Gasteiger partial charge on any atom is -0.317 e. The van der Waals surface area contributed by atoms with Gasteiger partial charge in [0.25, 0.3) is 0 Å². The first-order valence-electron chi connectivity index (χ1n) is 7.24. The van der Waals surface area contributed by atoms with E-state index in [2.05, 4.69) is 24.5 Å². The summed E-state index contributed by atoms with van der Waals surface area (Å²) in [6, 6.07) is 1.59. The predicted molar refractivity (Wildman–Crippen MR) is 69.6 cm³/mol. The van der Waals surface area contributed by atoms with Crippen LogP contribution in [-0.2, 0) is 0 Å². The lowest BCUT2D eigenvalue weighted by molar-refractivity contribution is 0.182. The average molecular weight is 224 g/mol. The van der Waals surface area contributed by atoms with Crippen molar-refractivity contribution in [2.24, 2.45) is 11.8 Å². The van der Waals surface area contributed by atoms with Crippen molar-refractivity contribution >= 4 is 0 Å². The van der Waals surface area contributed by atoms with Crippen LogP contribution in [0, 0.1) is 11.8 Å². The van der Waals surface area contributed by atoms with Crippen molar-refractivity contribution in [3.8, 4) is 0 Å². The van der Waals surface area contributed by atoms with Crippen molar-refractivity contribution in [1.29, 1.82) is 0 Å². The Morgan fingerprint density at radius 3 is 2.38 bits per heavy atom. The van der Waals surface area contributed by atoms with E-state index in [1.165, 1.54) is 51.6 Å². The molecule has 2 N–H and O–H groups in total. The predicted octanol–water partition coefficient (Wildman–Crippen LogP) is 2.54. The van der Waals surface area contributed by atoms with Crippen molar-refractivity contribution in [3.63, 3.8) is 0 Å². The van der Waals surface area contributed by atoms with Crippen molar-refractivity contribution in [1.82, 2.24) is 10.6 Å². The van der Waals surface area contributed by atoms with Gasteiger partial charge in [-0.05, 0) is 50.6 Å². The zero-order valence-corrected chi connectivity index (χ0v) is 11.0. The summed E-state index contributed by atoms with van der Waals surface area (Å²) in [5.41, 5.74) is 0. The Morgan fingerprint density at radius 2 is 1.69 bits per heavy atom. The third-order valence-electron chi connectivity index (χ3n) is 4.46. The van der Waals surface area contributed by atoms with Crippen LogP contribution in [0.3, 0.4) is 0 Å². The van der Waals surface area contributed by atoms with E-state index in [0.717, 1.165) is 23.9 Å². The highest BCUT2D eigenvalue weighted by Gasteiger charge is 2.29. The summed E-state index contributed by atoms with van der Waals surface area (Å²) >= 11 is 0. The standard InChI is InChI=1S/C14H28N2/c1-11(2)13-5-3-4-6-14(13)16-12-7-9-15-10-8-12/h11-16H,3-10H2,1-2H3. The second kappa shape index (κ2) is 6.02. The molecule has 2 aliphatic rings. The number of rotatable bonds is 3. The Bertz CT molecular complexity index is 197. The molecule has 0 amide bonds. The Labute approximate surface area is 101 Å². The third-order valence-corrected chi connectivity index (χ3v) is 4.46. The molecule has 1 heterocycles. The largest absolute Gasteiger partial charge is 0.317 e. The summed E-state index contributed by atoms with van der Waals surface area (Å²) in [5, 5.41) is 7.40. The molecule has 0 bridgehead atoms. The maximum atomic E-state index is 3.95. The maximum Gasteiger partial charge on any atom is 0.0100 e. The van der Waals surface area contributed by atoms with Gasteiger partial charge in [-0.25, -0.2) is 0 Å². The van der Waals surface area contributed by atoms with Crippen LogP contribution >= 0.6 is 0 Å². The SMILES string of the molecule is CC(C)C1CCCCC1NC1CCNCC1. The number of hydrogen-bond donors (Lipinski definition) is 2. The molecule has 16 heavy (non-hydrogen) atoms. The van der Waals surface area contributed by atoms with E-state index in [1.807, 2.05) is 0 Å². The van der Waals surface area contributed by atoms with E-state index in [-0.39, 0.29) is 0 Å². The molecule has 1 aliphatic carbocycles. The molecular formula is C14H28N2. The second-order valence-corrected chi connectivity index (χ2v) is 5.99. The Kier molecular flexibility index (Phi) is 4.66. The lowest BCUT2D eigenvalue weighted by atomic mass is 9.77. The number of piperidine rings is 1. The van der Waals surface area contributed by atoms with E-state index >= 15 is 0 Å². The zero-order valence-electron chi connectivity index (χ0n) is 11.0. The van der Waals surface area contributed by atoms with Crippen molar-refractivity contribution in [2.75, 3.05) is 13.1 Å². The minimum atomic E-state index is 0.783. The number of nitrogens with one attached hydrogen (secondary N) is 2. The molecule has 94 valence electrons. The first-order valence-corrected chi connectivity index (χ1v) is 7.24. The van der Waals surface area contributed by atoms with E-state index in [9.17, 15) is 0 Å². The molecule has 0 aromatic rings. The van der Waals surface area contributed by atoms with Crippen LogP contribution in [0.15, 0.2) is 0 Å². The van der Waals surface area contributed by atoms with Gasteiger partial charge in [-0.1, -0.05) is 26.7 Å². The first kappa shape index (κ1) is 12.4. The van der Waals surface area contributed by atoms with Crippen LogP contribution in [0.5, 0.6) is 0 Å². The summed E-state index contributed by atoms with van der Waals surface area (Å²) in [7, 11) is 0. The summed E-state index contributed by atoms with van der Waals surface area (Å²) in [6.45, 7) is 7.20. The van der Waals surface area contributed by atoms with Gasteiger partial charge in [0.05, 0.1) is 0 Å². The molecule has 0 spiro atoms. The van der Waals surface area contributed by atoms with Crippen LogP contribution in [0.4, 0.5) is 0 Å². The lowest BCUT2D eigenvalue weighted by Gasteiger charge is -2.38. The first-order chi connectivity index (χ1) is 7.77. The monoisotopic (exact) mass is 224 g/mol. The van der Waals surface area contributed by atoms with E-state index in [4.69, 9.17) is 0 Å². The molecule has 2 rings (SSSR count). The van der Waals surface area contributed by atoms with Gasteiger partial charge < -0.3 is 10.6 Å². The molecule has 0 aromatic heterocycles. The van der Waals surface area contributed by atoms with Crippen LogP contribution in [0.1, 0.15) is 52.4 Å². The lowest BCUT2D eigenvalue weighted by Crippen LogP contribution is -2.49. The van der Waals surface area contributed by atoms with Gasteiger partial charge in [0.1, 0.15) is 0 Å². The molecule has 2 fully saturated rings. The van der Waals surface area contributed by atoms with Gasteiger partial charge >= 0.3 is 0 Å². The van der Waals surface area contributed by atoms with E-state index in [1.54, 1.807) is 0 Å². The van der Waals surface area contributed by atoms with Crippen LogP contribution in [0.25, 0.3) is 0 Å². The van der Waals surface area contributed by atoms with Gasteiger partial charge in [0.2, 0.25) is 0 Å². The third kappa shape index (κ3) is 3.21. The minimum absolute atomic E-state index is 0.783. The topological polar surface area (TPSA) is 24.1 Å². The average Bonchev–Trinajstić information content (AvgIpc) is 2.31. The van der Waals surface area contributed by atoms with Gasteiger partial charge in [-0.15, -0.1) is 0 Å². The summed E-state index contributed by atoms with van der Waals surface area (Å²) < 4.78 is 0. The van der Waals surface area contributed by atoms with E-state index in [0.29, 0.717) is 0 Å². The highest BCUT2D eigenvalue weighted by atomic mass is 15.0. The summed E-state index contributed by atoms with van der Waals surface area (Å²) in [4.78, 5) is 0. The van der Waals surface area contributed by atoms with Gasteiger partial charge in [-0.3, -0.25) is 0 Å². The maximum absolute atomic E-state index is 3.95. The molecule has 2 heteroatoms. The molecule has 2 atom stereocenters. The fourth-order valence-electron chi connectivity index (χ4n) is 3.46. The Balaban J connectivity index is 1.85. The smallest absolute Gasteiger partial charge is 0.0100 e. The summed E-state index contributed by atoms with van der Waals surface area (Å²) in [5.74, 6) is 1.77. The molecule has 2 nitrogen and oxygen atoms in total. The van der Waals surface area contributed by atoms with Crippen molar-refractivity contribution in [3.05, 3.63) is 0 Å². The van der Waals surface area contributed by atoms with Crippen LogP contribution in [-0.4, -0.2) is 25.2 Å². The molecule has 0 aromatic carbocycles. The van der Waals surface area contributed by atoms with Crippen molar-refractivity contribution in [2.45, 2.75) is 64.5 Å². The normalized spacial score (nSPS) is 33.2. The summed E-state index contributed by atoms with van der Waals surface area (Å²) in [6.07, 6.45) is 8.38. The van der Waals surface area contributed by atoms with Gasteiger partial charge in [-0.2, -0.15) is 0 Å². The molecule has 1 saturated heterocycles.